The van der Waals surface area contributed by atoms with E-state index in [1.165, 1.54) is 12.1 Å². The van der Waals surface area contributed by atoms with Crippen molar-refractivity contribution in [1.82, 2.24) is 4.90 Å². The summed E-state index contributed by atoms with van der Waals surface area (Å²) in [6.45, 7) is 4.33. The predicted molar refractivity (Wildman–Crippen MR) is 79.6 cm³/mol. The molecule has 1 aromatic carbocycles. The number of hydrogen-bond acceptors (Lipinski definition) is 3. The average molecular weight is 284 g/mol. The van der Waals surface area contributed by atoms with Gasteiger partial charge in [-0.15, -0.1) is 0 Å². The lowest BCUT2D eigenvalue weighted by atomic mass is 10.1. The fourth-order valence-corrected chi connectivity index (χ4v) is 2.14. The van der Waals surface area contributed by atoms with Crippen molar-refractivity contribution in [2.45, 2.75) is 26.3 Å². The van der Waals surface area contributed by atoms with E-state index in [2.05, 4.69) is 11.8 Å². The molecule has 0 unspecified atom stereocenters. The van der Waals surface area contributed by atoms with Gasteiger partial charge in [0.1, 0.15) is 10.8 Å². The van der Waals surface area contributed by atoms with Crippen LogP contribution in [0.4, 0.5) is 4.39 Å². The molecular weight excluding hydrogens is 263 g/mol. The minimum atomic E-state index is -0.339. The van der Waals surface area contributed by atoms with Crippen LogP contribution in [0.3, 0.4) is 0 Å². The summed E-state index contributed by atoms with van der Waals surface area (Å²) >= 11 is 4.96. The number of benzene rings is 1. The summed E-state index contributed by atoms with van der Waals surface area (Å²) in [5.41, 5.74) is 7.11. The van der Waals surface area contributed by atoms with Gasteiger partial charge in [-0.3, -0.25) is 4.90 Å². The van der Waals surface area contributed by atoms with Crippen LogP contribution in [-0.2, 0) is 6.54 Å². The number of rotatable bonds is 8. The Morgan fingerprint density at radius 3 is 2.74 bits per heavy atom. The largest absolute Gasteiger partial charge is 0.395 e. The second-order valence-electron chi connectivity index (χ2n) is 4.52. The second-order valence-corrected chi connectivity index (χ2v) is 4.96. The minimum Gasteiger partial charge on any atom is -0.395 e. The molecule has 0 saturated heterocycles. The lowest BCUT2D eigenvalue weighted by Crippen LogP contribution is -2.28. The van der Waals surface area contributed by atoms with Gasteiger partial charge in [-0.1, -0.05) is 31.6 Å². The van der Waals surface area contributed by atoms with Crippen molar-refractivity contribution in [3.8, 4) is 0 Å². The molecule has 0 radical (unpaired) electrons. The van der Waals surface area contributed by atoms with Crippen molar-refractivity contribution in [2.75, 3.05) is 19.7 Å². The summed E-state index contributed by atoms with van der Waals surface area (Å²) in [5, 5.41) is 9.08. The van der Waals surface area contributed by atoms with Crippen molar-refractivity contribution in [2.24, 2.45) is 5.73 Å². The van der Waals surface area contributed by atoms with Crippen LogP contribution in [0.15, 0.2) is 18.2 Å². The molecule has 0 aromatic heterocycles. The summed E-state index contributed by atoms with van der Waals surface area (Å²) in [5.74, 6) is -0.339. The summed E-state index contributed by atoms with van der Waals surface area (Å²) in [4.78, 5) is 2.33. The first kappa shape index (κ1) is 16.0. The van der Waals surface area contributed by atoms with Gasteiger partial charge in [-0.25, -0.2) is 4.39 Å². The summed E-state index contributed by atoms with van der Waals surface area (Å²) < 4.78 is 13.2. The van der Waals surface area contributed by atoms with Gasteiger partial charge >= 0.3 is 0 Å². The van der Waals surface area contributed by atoms with Gasteiger partial charge in [0.15, 0.2) is 0 Å². The first-order valence-electron chi connectivity index (χ1n) is 6.50. The van der Waals surface area contributed by atoms with Gasteiger partial charge in [0.25, 0.3) is 0 Å². The molecule has 0 spiro atoms. The van der Waals surface area contributed by atoms with Crippen molar-refractivity contribution in [3.05, 3.63) is 35.1 Å². The molecule has 3 nitrogen and oxygen atoms in total. The Hall–Kier alpha value is -1.04. The van der Waals surface area contributed by atoms with E-state index in [1.807, 2.05) is 0 Å². The maximum absolute atomic E-state index is 13.2. The normalized spacial score (nSPS) is 10.9. The number of nitrogens with two attached hydrogens (primary N) is 1. The quantitative estimate of drug-likeness (QED) is 0.717. The van der Waals surface area contributed by atoms with Gasteiger partial charge < -0.3 is 10.8 Å². The van der Waals surface area contributed by atoms with Crippen LogP contribution < -0.4 is 5.73 Å². The van der Waals surface area contributed by atoms with Crippen LogP contribution in [0.25, 0.3) is 0 Å². The summed E-state index contributed by atoms with van der Waals surface area (Å²) in [6, 6.07) is 4.49. The van der Waals surface area contributed by atoms with Gasteiger partial charge in [0.05, 0.1) is 6.61 Å². The highest BCUT2D eigenvalue weighted by Crippen LogP contribution is 2.14. The van der Waals surface area contributed by atoms with E-state index in [1.54, 1.807) is 6.07 Å². The molecule has 3 N–H and O–H groups in total. The lowest BCUT2D eigenvalue weighted by Gasteiger charge is -2.22. The molecule has 0 saturated carbocycles. The molecular formula is C14H21FN2OS. The fourth-order valence-electron chi connectivity index (χ4n) is 1.95. The Labute approximate surface area is 119 Å². The van der Waals surface area contributed by atoms with E-state index in [0.717, 1.165) is 24.9 Å². The van der Waals surface area contributed by atoms with Gasteiger partial charge in [-0.2, -0.15) is 0 Å². The molecule has 0 atom stereocenters. The number of aliphatic hydroxyl groups is 1. The first-order valence-corrected chi connectivity index (χ1v) is 6.90. The molecule has 1 aromatic rings. The molecule has 0 fully saturated rings. The van der Waals surface area contributed by atoms with Crippen LogP contribution in [0.5, 0.6) is 0 Å². The summed E-state index contributed by atoms with van der Waals surface area (Å²) in [7, 11) is 0. The van der Waals surface area contributed by atoms with Crippen molar-refractivity contribution in [1.29, 1.82) is 0 Å². The molecule has 19 heavy (non-hydrogen) atoms. The molecule has 0 amide bonds. The SMILES string of the molecule is CCCCN(CCO)Cc1ccc(F)cc1C(N)=S. The van der Waals surface area contributed by atoms with E-state index >= 15 is 0 Å². The third-order valence-electron chi connectivity index (χ3n) is 2.98. The highest BCUT2D eigenvalue weighted by atomic mass is 32.1. The molecule has 0 aliphatic heterocycles. The lowest BCUT2D eigenvalue weighted by molar-refractivity contribution is 0.188. The molecule has 1 rings (SSSR count). The number of hydrogen-bond donors (Lipinski definition) is 2. The maximum atomic E-state index is 13.2. The highest BCUT2D eigenvalue weighted by molar-refractivity contribution is 7.80. The predicted octanol–water partition coefficient (Wildman–Crippen LogP) is 2.05. The van der Waals surface area contributed by atoms with Gasteiger partial charge in [-0.05, 0) is 30.7 Å². The zero-order chi connectivity index (χ0) is 14.3. The standard InChI is InChI=1S/C14H21FN2OS/c1-2-3-6-17(7-8-18)10-11-4-5-12(15)9-13(11)14(16)19/h4-5,9,18H,2-3,6-8,10H2,1H3,(H2,16,19). The Morgan fingerprint density at radius 1 is 1.42 bits per heavy atom. The van der Waals surface area contributed by atoms with Crippen LogP contribution >= 0.6 is 12.2 Å². The fraction of sp³-hybridized carbons (Fsp3) is 0.500. The molecule has 106 valence electrons. The molecule has 0 bridgehead atoms. The van der Waals surface area contributed by atoms with Crippen LogP contribution in [0, 0.1) is 5.82 Å². The topological polar surface area (TPSA) is 49.5 Å². The minimum absolute atomic E-state index is 0.104. The molecule has 0 heterocycles. The molecule has 5 heteroatoms. The van der Waals surface area contributed by atoms with Crippen molar-refractivity contribution >= 4 is 17.2 Å². The summed E-state index contributed by atoms with van der Waals surface area (Å²) in [6.07, 6.45) is 2.15. The van der Waals surface area contributed by atoms with E-state index in [4.69, 9.17) is 23.1 Å². The molecule has 0 aliphatic rings. The number of halogens is 1. The van der Waals surface area contributed by atoms with Crippen molar-refractivity contribution < 1.29 is 9.50 Å². The zero-order valence-electron chi connectivity index (χ0n) is 11.2. The van der Waals surface area contributed by atoms with E-state index in [9.17, 15) is 4.39 Å². The number of aliphatic hydroxyl groups excluding tert-OH is 1. The Bertz CT molecular complexity index is 426. The Kier molecular flexibility index (Phi) is 6.91. The van der Waals surface area contributed by atoms with Gasteiger partial charge in [0, 0.05) is 18.7 Å². The van der Waals surface area contributed by atoms with Crippen LogP contribution in [0.1, 0.15) is 30.9 Å². The second kappa shape index (κ2) is 8.19. The van der Waals surface area contributed by atoms with Crippen LogP contribution in [0.2, 0.25) is 0 Å². The maximum Gasteiger partial charge on any atom is 0.123 e. The smallest absolute Gasteiger partial charge is 0.123 e. The van der Waals surface area contributed by atoms with Crippen LogP contribution in [-0.4, -0.2) is 34.7 Å². The van der Waals surface area contributed by atoms with Crippen molar-refractivity contribution in [3.63, 3.8) is 0 Å². The monoisotopic (exact) mass is 284 g/mol. The van der Waals surface area contributed by atoms with Gasteiger partial charge in [0.2, 0.25) is 0 Å². The first-order chi connectivity index (χ1) is 9.08. The van der Waals surface area contributed by atoms with E-state index in [-0.39, 0.29) is 17.4 Å². The highest BCUT2D eigenvalue weighted by Gasteiger charge is 2.11. The molecule has 0 aliphatic carbocycles. The van der Waals surface area contributed by atoms with E-state index < -0.39 is 0 Å². The zero-order valence-corrected chi connectivity index (χ0v) is 12.0. The number of unbranched alkanes of at least 4 members (excludes halogenated alkanes) is 1. The number of nitrogens with zero attached hydrogens (tertiary/aromatic N) is 1. The van der Waals surface area contributed by atoms with E-state index in [0.29, 0.717) is 18.7 Å². The third kappa shape index (κ3) is 5.22. The Balaban J connectivity index is 2.85. The average Bonchev–Trinajstić information content (AvgIpc) is 2.38. The Morgan fingerprint density at radius 2 is 2.16 bits per heavy atom. The number of thiocarbonyl (C=S) groups is 1. The third-order valence-corrected chi connectivity index (χ3v) is 3.20.